The van der Waals surface area contributed by atoms with Gasteiger partial charge in [0.25, 0.3) is 0 Å². The van der Waals surface area contributed by atoms with Crippen LogP contribution in [0.15, 0.2) is 10.5 Å². The Bertz CT molecular complexity index is 328. The third-order valence-electron chi connectivity index (χ3n) is 1.03. The number of aromatic nitrogens is 1. The number of nitriles is 1. The van der Waals surface area contributed by atoms with Gasteiger partial charge in [-0.1, -0.05) is 5.16 Å². The van der Waals surface area contributed by atoms with Crippen molar-refractivity contribution in [3.8, 4) is 6.07 Å². The summed E-state index contributed by atoms with van der Waals surface area (Å²) < 4.78 is 0. The number of hydrogen-bond donors (Lipinski definition) is 1. The Morgan fingerprint density at radius 2 is 2.50 bits per heavy atom. The molecule has 0 aliphatic rings. The summed E-state index contributed by atoms with van der Waals surface area (Å²) >= 11 is 1.28. The summed E-state index contributed by atoms with van der Waals surface area (Å²) in [7, 11) is 0. The van der Waals surface area contributed by atoms with Gasteiger partial charge >= 0.3 is 0 Å². The molecule has 0 aromatic carbocycles. The molecule has 0 fully saturated rings. The maximum Gasteiger partial charge on any atom is 0.215 e. The predicted octanol–water partition coefficient (Wildman–Crippen LogP) is 1.15. The van der Waals surface area contributed by atoms with Crippen LogP contribution in [-0.2, 0) is 22.4 Å². The van der Waals surface area contributed by atoms with Crippen LogP contribution >= 0.6 is 11.3 Å². The Morgan fingerprint density at radius 1 is 1.83 bits per heavy atom. The van der Waals surface area contributed by atoms with Crippen LogP contribution in [0.3, 0.4) is 0 Å². The number of oxime groups is 1. The molecule has 67 valence electrons. The van der Waals surface area contributed by atoms with E-state index in [1.165, 1.54) is 11.3 Å². The number of rotatable bonds is 1. The van der Waals surface area contributed by atoms with Crippen molar-refractivity contribution in [3.63, 3.8) is 0 Å². The summed E-state index contributed by atoms with van der Waals surface area (Å²) in [6, 6.07) is 1.73. The number of aryl methyl sites for hydroxylation is 1. The van der Waals surface area contributed by atoms with E-state index in [0.29, 0.717) is 5.01 Å². The molecule has 1 heterocycles. The van der Waals surface area contributed by atoms with E-state index in [2.05, 4.69) is 10.1 Å². The smallest absolute Gasteiger partial charge is 0.215 e. The molecule has 1 aromatic rings. The average molecular weight is 275 g/mol. The summed E-state index contributed by atoms with van der Waals surface area (Å²) in [5.41, 5.74) is 0.782. The summed E-state index contributed by atoms with van der Waals surface area (Å²) in [5.74, 6) is 0. The monoisotopic (exact) mass is 274 g/mol. The van der Waals surface area contributed by atoms with Crippen LogP contribution in [0, 0.1) is 18.3 Å². The normalized spacial score (nSPS) is 10.2. The van der Waals surface area contributed by atoms with Crippen molar-refractivity contribution in [2.24, 2.45) is 5.16 Å². The number of thiazole rings is 1. The molecule has 12 heavy (non-hydrogen) atoms. The molecule has 1 N–H and O–H groups in total. The molecule has 0 bridgehead atoms. The third kappa shape index (κ3) is 2.43. The van der Waals surface area contributed by atoms with E-state index >= 15 is 0 Å². The zero-order valence-corrected chi connectivity index (χ0v) is 8.37. The molecule has 6 heteroatoms. The van der Waals surface area contributed by atoms with Crippen molar-refractivity contribution in [3.05, 3.63) is 16.1 Å². The Hall–Kier alpha value is -0.670. The van der Waals surface area contributed by atoms with Gasteiger partial charge in [0.1, 0.15) is 6.07 Å². The second-order valence-electron chi connectivity index (χ2n) is 1.85. The molecule has 0 atom stereocenters. The van der Waals surface area contributed by atoms with E-state index in [4.69, 9.17) is 10.5 Å². The van der Waals surface area contributed by atoms with Gasteiger partial charge in [-0.15, -0.1) is 11.3 Å². The Labute approximate surface area is 89.1 Å². The van der Waals surface area contributed by atoms with E-state index in [0.717, 1.165) is 5.69 Å². The van der Waals surface area contributed by atoms with Crippen molar-refractivity contribution in [1.29, 1.82) is 5.26 Å². The first-order valence-electron chi connectivity index (χ1n) is 2.82. The van der Waals surface area contributed by atoms with Crippen molar-refractivity contribution >= 4 is 17.0 Å². The molecular weight excluding hydrogens is 270 g/mol. The fraction of sp³-hybridized carbons (Fsp3) is 0.167. The summed E-state index contributed by atoms with van der Waals surface area (Å²) in [5, 5.41) is 21.8. The fourth-order valence-electron chi connectivity index (χ4n) is 0.576. The zero-order chi connectivity index (χ0) is 8.27. The van der Waals surface area contributed by atoms with Gasteiger partial charge in [0.05, 0.1) is 0 Å². The topological polar surface area (TPSA) is 69.3 Å². The first kappa shape index (κ1) is 11.3. The average Bonchev–Trinajstić information content (AvgIpc) is 2.39. The van der Waals surface area contributed by atoms with Crippen LogP contribution in [0.4, 0.5) is 0 Å². The molecule has 0 saturated carbocycles. The fourth-order valence-corrected chi connectivity index (χ4v) is 1.31. The minimum absolute atomic E-state index is 0. The molecule has 1 rings (SSSR count). The molecule has 0 aliphatic carbocycles. The van der Waals surface area contributed by atoms with Crippen LogP contribution in [0.1, 0.15) is 10.7 Å². The molecule has 4 nitrogen and oxygen atoms in total. The van der Waals surface area contributed by atoms with Crippen molar-refractivity contribution in [1.82, 2.24) is 4.98 Å². The maximum atomic E-state index is 8.41. The van der Waals surface area contributed by atoms with E-state index in [1.807, 2.05) is 6.92 Å². The Kier molecular flexibility index (Phi) is 4.78. The van der Waals surface area contributed by atoms with Gasteiger partial charge in [0.15, 0.2) is 5.01 Å². The second kappa shape index (κ2) is 5.06. The van der Waals surface area contributed by atoms with E-state index in [9.17, 15) is 0 Å². The maximum absolute atomic E-state index is 8.41. The van der Waals surface area contributed by atoms with Crippen LogP contribution < -0.4 is 0 Å². The van der Waals surface area contributed by atoms with E-state index in [1.54, 1.807) is 11.4 Å². The predicted molar refractivity (Wildman–Crippen MR) is 40.8 cm³/mol. The van der Waals surface area contributed by atoms with Crippen molar-refractivity contribution in [2.75, 3.05) is 0 Å². The quantitative estimate of drug-likeness (QED) is 0.362. The van der Waals surface area contributed by atoms with Crippen LogP contribution in [-0.4, -0.2) is 15.9 Å². The van der Waals surface area contributed by atoms with Crippen LogP contribution in [0.25, 0.3) is 0 Å². The molecule has 0 aliphatic heterocycles. The van der Waals surface area contributed by atoms with E-state index < -0.39 is 0 Å². The Morgan fingerprint density at radius 3 is 2.83 bits per heavy atom. The van der Waals surface area contributed by atoms with Gasteiger partial charge in [0.2, 0.25) is 5.71 Å². The molecule has 1 radical (unpaired) electrons. The third-order valence-corrected chi connectivity index (χ3v) is 1.99. The molecule has 0 saturated heterocycles. The zero-order valence-electron chi connectivity index (χ0n) is 6.08. The first-order chi connectivity index (χ1) is 5.27. The van der Waals surface area contributed by atoms with Crippen molar-refractivity contribution in [2.45, 2.75) is 6.92 Å². The summed E-state index contributed by atoms with van der Waals surface area (Å²) in [4.78, 5) is 3.96. The molecule has 0 amide bonds. The summed E-state index contributed by atoms with van der Waals surface area (Å²) in [6.45, 7) is 1.81. The Balaban J connectivity index is 0.00000121. The number of hydrogen-bond acceptors (Lipinski definition) is 5. The molecule has 0 spiro atoms. The molecular formula is C6H5AgN3OS. The van der Waals surface area contributed by atoms with Crippen LogP contribution in [0.5, 0.6) is 0 Å². The summed E-state index contributed by atoms with van der Waals surface area (Å²) in [6.07, 6.45) is 0. The van der Waals surface area contributed by atoms with Gasteiger partial charge in [-0.05, 0) is 6.92 Å². The molecule has 0 unspecified atom stereocenters. The van der Waals surface area contributed by atoms with Gasteiger partial charge in [0, 0.05) is 33.5 Å². The second-order valence-corrected chi connectivity index (χ2v) is 2.71. The largest absolute Gasteiger partial charge is 0.410 e. The van der Waals surface area contributed by atoms with Gasteiger partial charge < -0.3 is 5.21 Å². The van der Waals surface area contributed by atoms with Gasteiger partial charge in [-0.3, -0.25) is 0 Å². The first-order valence-corrected chi connectivity index (χ1v) is 3.70. The molecule has 1 aromatic heterocycles. The van der Waals surface area contributed by atoms with Crippen molar-refractivity contribution < 1.29 is 27.6 Å². The standard InChI is InChI=1S/C6H5N3OS.Ag/c1-4-3-11-6(8-4)5(2-7)9-10;/h3,10H,1H3;/b9-5+;. The van der Waals surface area contributed by atoms with Gasteiger partial charge in [-0.25, -0.2) is 4.98 Å². The SMILES string of the molecule is Cc1csc(/C(C#N)=N/O)n1.[Ag]. The van der Waals surface area contributed by atoms with E-state index in [-0.39, 0.29) is 28.1 Å². The minimum atomic E-state index is -0.0388. The van der Waals surface area contributed by atoms with Gasteiger partial charge in [-0.2, -0.15) is 5.26 Å². The van der Waals surface area contributed by atoms with Crippen LogP contribution in [0.2, 0.25) is 0 Å². The minimum Gasteiger partial charge on any atom is -0.410 e. The number of nitrogens with zero attached hydrogens (tertiary/aromatic N) is 3.